The monoisotopic (exact) mass is 247 g/mol. The van der Waals surface area contributed by atoms with E-state index in [2.05, 4.69) is 15.3 Å². The summed E-state index contributed by atoms with van der Waals surface area (Å²) < 4.78 is 18.5. The van der Waals surface area contributed by atoms with Gasteiger partial charge in [-0.2, -0.15) is 4.98 Å². The second kappa shape index (κ2) is 5.44. The van der Waals surface area contributed by atoms with E-state index in [-0.39, 0.29) is 5.82 Å². The van der Waals surface area contributed by atoms with E-state index in [1.807, 2.05) is 6.92 Å². The number of anilines is 1. The van der Waals surface area contributed by atoms with Gasteiger partial charge in [-0.3, -0.25) is 4.98 Å². The van der Waals surface area contributed by atoms with Gasteiger partial charge in [-0.05, 0) is 37.6 Å². The summed E-state index contributed by atoms with van der Waals surface area (Å²) in [5, 5.41) is 3.04. The molecule has 2 aromatic rings. The predicted molar refractivity (Wildman–Crippen MR) is 67.4 cm³/mol. The van der Waals surface area contributed by atoms with E-state index in [9.17, 15) is 4.39 Å². The molecule has 1 aromatic heterocycles. The fraction of sp³-hybridized carbons (Fsp3) is 0.231. The van der Waals surface area contributed by atoms with Crippen LogP contribution in [0.3, 0.4) is 0 Å². The van der Waals surface area contributed by atoms with E-state index in [4.69, 9.17) is 4.74 Å². The van der Waals surface area contributed by atoms with Crippen LogP contribution in [-0.2, 0) is 0 Å². The highest BCUT2D eigenvalue weighted by atomic mass is 19.1. The molecule has 0 atom stereocenters. The molecule has 0 fully saturated rings. The molecule has 0 aliphatic rings. The van der Waals surface area contributed by atoms with Crippen LogP contribution < -0.4 is 10.1 Å². The molecule has 0 radical (unpaired) electrons. The molecule has 5 heteroatoms. The lowest BCUT2D eigenvalue weighted by Crippen LogP contribution is -2.01. The average molecular weight is 247 g/mol. The number of nitrogens with one attached hydrogen (secondary N) is 1. The Bertz CT molecular complexity index is 546. The summed E-state index contributed by atoms with van der Waals surface area (Å²) in [6, 6.07) is 4.34. The number of hydrogen-bond acceptors (Lipinski definition) is 4. The maximum Gasteiger partial charge on any atom is 0.239 e. The normalized spacial score (nSPS) is 10.2. The number of hydrogen-bond donors (Lipinski definition) is 1. The van der Waals surface area contributed by atoms with Crippen molar-refractivity contribution in [2.24, 2.45) is 0 Å². The van der Waals surface area contributed by atoms with E-state index in [0.29, 0.717) is 23.0 Å². The van der Waals surface area contributed by atoms with Crippen LogP contribution >= 0.6 is 0 Å². The second-order valence-corrected chi connectivity index (χ2v) is 3.78. The number of aromatic nitrogens is 2. The van der Waals surface area contributed by atoms with Gasteiger partial charge in [0.2, 0.25) is 5.88 Å². The Morgan fingerprint density at radius 3 is 2.89 bits per heavy atom. The summed E-state index contributed by atoms with van der Waals surface area (Å²) in [5.74, 6) is 1.31. The van der Waals surface area contributed by atoms with Crippen molar-refractivity contribution in [1.82, 2.24) is 9.97 Å². The Morgan fingerprint density at radius 1 is 1.33 bits per heavy atom. The van der Waals surface area contributed by atoms with E-state index >= 15 is 0 Å². The molecule has 0 unspecified atom stereocenters. The smallest absolute Gasteiger partial charge is 0.239 e. The van der Waals surface area contributed by atoms with E-state index in [1.165, 1.54) is 18.3 Å². The van der Waals surface area contributed by atoms with Crippen LogP contribution in [0.2, 0.25) is 0 Å². The van der Waals surface area contributed by atoms with Gasteiger partial charge in [-0.1, -0.05) is 0 Å². The highest BCUT2D eigenvalue weighted by Gasteiger charge is 2.05. The lowest BCUT2D eigenvalue weighted by atomic mass is 10.2. The van der Waals surface area contributed by atoms with Crippen molar-refractivity contribution in [3.63, 3.8) is 0 Å². The van der Waals surface area contributed by atoms with Gasteiger partial charge in [-0.25, -0.2) is 4.39 Å². The Balaban J connectivity index is 2.20. The maximum absolute atomic E-state index is 13.0. The number of nitrogens with zero attached hydrogens (tertiary/aromatic N) is 2. The van der Waals surface area contributed by atoms with E-state index in [0.717, 1.165) is 6.54 Å². The van der Waals surface area contributed by atoms with Crippen molar-refractivity contribution in [3.05, 3.63) is 42.0 Å². The minimum atomic E-state index is -0.285. The molecular formula is C13H14FN3O. The summed E-state index contributed by atoms with van der Waals surface area (Å²) in [4.78, 5) is 8.25. The van der Waals surface area contributed by atoms with Crippen LogP contribution in [0.25, 0.3) is 0 Å². The van der Waals surface area contributed by atoms with Gasteiger partial charge >= 0.3 is 0 Å². The Morgan fingerprint density at radius 2 is 2.17 bits per heavy atom. The molecule has 1 N–H and O–H groups in total. The van der Waals surface area contributed by atoms with Crippen LogP contribution in [0.1, 0.15) is 12.5 Å². The molecule has 1 heterocycles. The minimum Gasteiger partial charge on any atom is -0.437 e. The zero-order valence-electron chi connectivity index (χ0n) is 10.3. The second-order valence-electron chi connectivity index (χ2n) is 3.78. The molecule has 2 rings (SSSR count). The average Bonchev–Trinajstić information content (AvgIpc) is 2.34. The number of aryl methyl sites for hydroxylation is 1. The van der Waals surface area contributed by atoms with Gasteiger partial charge in [0.25, 0.3) is 0 Å². The number of halogens is 1. The lowest BCUT2D eigenvalue weighted by molar-refractivity contribution is 0.455. The van der Waals surface area contributed by atoms with Crippen molar-refractivity contribution in [2.75, 3.05) is 11.9 Å². The van der Waals surface area contributed by atoms with Crippen LogP contribution in [0.5, 0.6) is 11.6 Å². The van der Waals surface area contributed by atoms with Gasteiger partial charge in [-0.15, -0.1) is 0 Å². The zero-order chi connectivity index (χ0) is 13.0. The molecule has 18 heavy (non-hydrogen) atoms. The van der Waals surface area contributed by atoms with Crippen LogP contribution in [0.15, 0.2) is 30.6 Å². The SMILES string of the molecule is CCNc1cncc(Oc2ccc(F)cc2C)n1. The van der Waals surface area contributed by atoms with Crippen molar-refractivity contribution >= 4 is 5.82 Å². The third-order valence-electron chi connectivity index (χ3n) is 2.32. The first-order valence-corrected chi connectivity index (χ1v) is 5.69. The standard InChI is InChI=1S/C13H14FN3O/c1-3-16-12-7-15-8-13(17-12)18-11-5-4-10(14)6-9(11)2/h4-8H,3H2,1-2H3,(H,16,17). The first-order valence-electron chi connectivity index (χ1n) is 5.69. The summed E-state index contributed by atoms with van der Waals surface area (Å²) in [6.45, 7) is 4.51. The highest BCUT2D eigenvalue weighted by Crippen LogP contribution is 2.24. The Hall–Kier alpha value is -2.17. The van der Waals surface area contributed by atoms with Gasteiger partial charge < -0.3 is 10.1 Å². The number of benzene rings is 1. The summed E-state index contributed by atoms with van der Waals surface area (Å²) in [5.41, 5.74) is 0.714. The Labute approximate surface area is 105 Å². The predicted octanol–water partition coefficient (Wildman–Crippen LogP) is 3.15. The van der Waals surface area contributed by atoms with Crippen LogP contribution in [0, 0.1) is 12.7 Å². The van der Waals surface area contributed by atoms with Crippen molar-refractivity contribution < 1.29 is 9.13 Å². The number of rotatable bonds is 4. The fourth-order valence-electron chi connectivity index (χ4n) is 1.50. The van der Waals surface area contributed by atoms with Gasteiger partial charge in [0.05, 0.1) is 12.4 Å². The molecule has 94 valence electrons. The van der Waals surface area contributed by atoms with Gasteiger partial charge in [0.15, 0.2) is 0 Å². The highest BCUT2D eigenvalue weighted by molar-refractivity contribution is 5.37. The van der Waals surface area contributed by atoms with Gasteiger partial charge in [0, 0.05) is 6.54 Å². The minimum absolute atomic E-state index is 0.285. The molecule has 0 bridgehead atoms. The molecule has 4 nitrogen and oxygen atoms in total. The summed E-state index contributed by atoms with van der Waals surface area (Å²) >= 11 is 0. The third kappa shape index (κ3) is 2.94. The fourth-order valence-corrected chi connectivity index (χ4v) is 1.50. The third-order valence-corrected chi connectivity index (χ3v) is 2.32. The topological polar surface area (TPSA) is 47.0 Å². The molecule has 1 aromatic carbocycles. The van der Waals surface area contributed by atoms with Crippen molar-refractivity contribution in [1.29, 1.82) is 0 Å². The van der Waals surface area contributed by atoms with Crippen LogP contribution in [0.4, 0.5) is 10.2 Å². The Kier molecular flexibility index (Phi) is 3.72. The molecule has 0 aliphatic heterocycles. The first-order chi connectivity index (χ1) is 8.69. The van der Waals surface area contributed by atoms with Crippen LogP contribution in [-0.4, -0.2) is 16.5 Å². The van der Waals surface area contributed by atoms with E-state index in [1.54, 1.807) is 19.2 Å². The molecule has 0 saturated heterocycles. The maximum atomic E-state index is 13.0. The molecule has 0 spiro atoms. The molecular weight excluding hydrogens is 233 g/mol. The van der Waals surface area contributed by atoms with E-state index < -0.39 is 0 Å². The molecule has 0 saturated carbocycles. The van der Waals surface area contributed by atoms with Crippen molar-refractivity contribution in [3.8, 4) is 11.6 Å². The summed E-state index contributed by atoms with van der Waals surface area (Å²) in [7, 11) is 0. The first kappa shape index (κ1) is 12.3. The van der Waals surface area contributed by atoms with Crippen molar-refractivity contribution in [2.45, 2.75) is 13.8 Å². The molecule has 0 aliphatic carbocycles. The largest absolute Gasteiger partial charge is 0.437 e. The lowest BCUT2D eigenvalue weighted by Gasteiger charge is -2.08. The summed E-state index contributed by atoms with van der Waals surface area (Å²) in [6.07, 6.45) is 3.14. The van der Waals surface area contributed by atoms with Gasteiger partial charge in [0.1, 0.15) is 17.4 Å². The number of ether oxygens (including phenoxy) is 1. The zero-order valence-corrected chi connectivity index (χ0v) is 10.3. The molecule has 0 amide bonds. The quantitative estimate of drug-likeness (QED) is 0.901.